The first-order chi connectivity index (χ1) is 10.5. The summed E-state index contributed by atoms with van der Waals surface area (Å²) < 4.78 is 0. The van der Waals surface area contributed by atoms with Gasteiger partial charge in [-0.2, -0.15) is 0 Å². The maximum atomic E-state index is 11.4. The van der Waals surface area contributed by atoms with Gasteiger partial charge in [0.15, 0.2) is 5.78 Å². The van der Waals surface area contributed by atoms with Gasteiger partial charge in [0.05, 0.1) is 6.54 Å². The van der Waals surface area contributed by atoms with Gasteiger partial charge in [0.2, 0.25) is 5.56 Å². The van der Waals surface area contributed by atoms with E-state index in [1.807, 2.05) is 11.8 Å². The minimum absolute atomic E-state index is 0.0532. The zero-order valence-corrected chi connectivity index (χ0v) is 12.9. The highest BCUT2D eigenvalue weighted by molar-refractivity contribution is 5.87. The van der Waals surface area contributed by atoms with Gasteiger partial charge < -0.3 is 9.88 Å². The van der Waals surface area contributed by atoms with Gasteiger partial charge in [0.25, 0.3) is 0 Å². The largest absolute Gasteiger partial charge is 0.341 e. The van der Waals surface area contributed by atoms with Crippen molar-refractivity contribution in [1.82, 2.24) is 4.98 Å². The van der Waals surface area contributed by atoms with Crippen molar-refractivity contribution >= 4 is 11.5 Å². The molecule has 4 nitrogen and oxygen atoms in total. The maximum Gasteiger partial charge on any atom is 0.247 e. The molecule has 0 radical (unpaired) electrons. The summed E-state index contributed by atoms with van der Waals surface area (Å²) in [4.78, 5) is 26.1. The van der Waals surface area contributed by atoms with Crippen LogP contribution in [0.2, 0.25) is 0 Å². The Labute approximate surface area is 130 Å². The molecule has 114 valence electrons. The molecule has 2 aromatic rings. The molecule has 0 fully saturated rings. The van der Waals surface area contributed by atoms with E-state index in [4.69, 9.17) is 0 Å². The van der Waals surface area contributed by atoms with Crippen molar-refractivity contribution in [3.63, 3.8) is 0 Å². The molecule has 0 spiro atoms. The van der Waals surface area contributed by atoms with Crippen LogP contribution in [0.1, 0.15) is 18.9 Å². The summed E-state index contributed by atoms with van der Waals surface area (Å²) >= 11 is 0. The molecule has 0 bridgehead atoms. The van der Waals surface area contributed by atoms with Crippen molar-refractivity contribution in [1.29, 1.82) is 0 Å². The minimum atomic E-state index is -0.0532. The lowest BCUT2D eigenvalue weighted by Gasteiger charge is -2.24. The highest BCUT2D eigenvalue weighted by atomic mass is 16.1. The normalized spacial score (nSPS) is 14.0. The van der Waals surface area contributed by atoms with Crippen molar-refractivity contribution in [2.45, 2.75) is 20.3 Å². The number of hydrogen-bond acceptors (Lipinski definition) is 3. The Balaban J connectivity index is 0.000000211. The Hall–Kier alpha value is -2.62. The summed E-state index contributed by atoms with van der Waals surface area (Å²) in [6, 6.07) is 13.2. The first kappa shape index (κ1) is 15.8. The summed E-state index contributed by atoms with van der Waals surface area (Å²) in [7, 11) is 0. The molecule has 1 aromatic carbocycles. The van der Waals surface area contributed by atoms with Crippen LogP contribution in [0.3, 0.4) is 0 Å². The lowest BCUT2D eigenvalue weighted by atomic mass is 10.1. The maximum absolute atomic E-state index is 11.4. The molecule has 22 heavy (non-hydrogen) atoms. The van der Waals surface area contributed by atoms with E-state index in [0.717, 1.165) is 11.3 Å². The Morgan fingerprint density at radius 3 is 2.23 bits per heavy atom. The smallest absolute Gasteiger partial charge is 0.247 e. The number of carbonyl (C=O) groups is 1. The summed E-state index contributed by atoms with van der Waals surface area (Å²) in [6.45, 7) is 4.56. The molecule has 1 N–H and O–H groups in total. The van der Waals surface area contributed by atoms with Crippen LogP contribution >= 0.6 is 0 Å². The van der Waals surface area contributed by atoms with Crippen LogP contribution in [0.4, 0.5) is 5.69 Å². The molecule has 0 saturated carbocycles. The van der Waals surface area contributed by atoms with E-state index in [2.05, 4.69) is 42.4 Å². The fourth-order valence-corrected chi connectivity index (χ4v) is 2.19. The quantitative estimate of drug-likeness (QED) is 0.880. The third-order valence-electron chi connectivity index (χ3n) is 3.25. The van der Waals surface area contributed by atoms with Crippen molar-refractivity contribution in [3.05, 3.63) is 76.4 Å². The van der Waals surface area contributed by atoms with Crippen LogP contribution in [-0.2, 0) is 4.79 Å². The zero-order chi connectivity index (χ0) is 15.9. The van der Waals surface area contributed by atoms with Gasteiger partial charge in [-0.05, 0) is 37.6 Å². The van der Waals surface area contributed by atoms with E-state index >= 15 is 0 Å². The minimum Gasteiger partial charge on any atom is -0.341 e. The monoisotopic (exact) mass is 296 g/mol. The van der Waals surface area contributed by atoms with Crippen molar-refractivity contribution in [2.24, 2.45) is 0 Å². The standard InChI is InChI=1S/C13H15NO.C5H5NO/c1-10-3-5-12(6-4-10)14-8-11(2)7-13(15)9-14;7-5-3-1-2-4-6-5/h3-6,8H,7,9H2,1-2H3;1-4H,(H,6,7). The topological polar surface area (TPSA) is 53.2 Å². The number of aromatic amines is 1. The Bertz CT molecular complexity index is 697. The number of benzene rings is 1. The van der Waals surface area contributed by atoms with E-state index in [0.29, 0.717) is 13.0 Å². The van der Waals surface area contributed by atoms with Crippen LogP contribution in [-0.4, -0.2) is 17.3 Å². The fraction of sp³-hybridized carbons (Fsp3) is 0.222. The number of aromatic nitrogens is 1. The van der Waals surface area contributed by atoms with Crippen LogP contribution in [0.5, 0.6) is 0 Å². The van der Waals surface area contributed by atoms with Crippen LogP contribution in [0.25, 0.3) is 0 Å². The van der Waals surface area contributed by atoms with Crippen LogP contribution in [0.15, 0.2) is 65.2 Å². The lowest BCUT2D eigenvalue weighted by Crippen LogP contribution is -2.29. The molecule has 0 aliphatic carbocycles. The third-order valence-corrected chi connectivity index (χ3v) is 3.25. The number of rotatable bonds is 1. The van der Waals surface area contributed by atoms with Crippen LogP contribution < -0.4 is 10.5 Å². The van der Waals surface area contributed by atoms with Crippen molar-refractivity contribution < 1.29 is 4.79 Å². The van der Waals surface area contributed by atoms with E-state index in [9.17, 15) is 9.59 Å². The average Bonchev–Trinajstić information content (AvgIpc) is 2.48. The van der Waals surface area contributed by atoms with E-state index in [1.54, 1.807) is 18.3 Å². The number of carbonyl (C=O) groups excluding carboxylic acids is 1. The molecule has 1 aromatic heterocycles. The number of ketones is 1. The molecule has 0 amide bonds. The Morgan fingerprint density at radius 1 is 1.00 bits per heavy atom. The van der Waals surface area contributed by atoms with Gasteiger partial charge in [0, 0.05) is 30.6 Å². The molecular formula is C18H20N2O2. The second-order valence-electron chi connectivity index (χ2n) is 5.38. The highest BCUT2D eigenvalue weighted by Gasteiger charge is 2.15. The molecule has 4 heteroatoms. The predicted molar refractivity (Wildman–Crippen MR) is 89.0 cm³/mol. The number of aryl methyl sites for hydroxylation is 1. The van der Waals surface area contributed by atoms with Crippen molar-refractivity contribution in [2.75, 3.05) is 11.4 Å². The molecule has 3 rings (SSSR count). The van der Waals surface area contributed by atoms with E-state index < -0.39 is 0 Å². The first-order valence-electron chi connectivity index (χ1n) is 7.20. The molecular weight excluding hydrogens is 276 g/mol. The predicted octanol–water partition coefficient (Wildman–Crippen LogP) is 3.05. The van der Waals surface area contributed by atoms with Gasteiger partial charge in [-0.3, -0.25) is 9.59 Å². The number of H-pyrrole nitrogens is 1. The number of nitrogens with zero attached hydrogens (tertiary/aromatic N) is 1. The molecule has 0 atom stereocenters. The fourth-order valence-electron chi connectivity index (χ4n) is 2.19. The summed E-state index contributed by atoms with van der Waals surface area (Å²) in [5.41, 5.74) is 3.41. The third kappa shape index (κ3) is 4.74. The number of allylic oxidation sites excluding steroid dienone is 1. The highest BCUT2D eigenvalue weighted by Crippen LogP contribution is 2.20. The number of pyridine rings is 1. The second kappa shape index (κ2) is 7.41. The number of anilines is 1. The summed E-state index contributed by atoms with van der Waals surface area (Å²) in [5, 5.41) is 0. The number of nitrogens with one attached hydrogen (secondary N) is 1. The Kier molecular flexibility index (Phi) is 5.31. The molecule has 1 aliphatic rings. The number of hydrogen-bond donors (Lipinski definition) is 1. The van der Waals surface area contributed by atoms with Gasteiger partial charge in [0.1, 0.15) is 0 Å². The zero-order valence-electron chi connectivity index (χ0n) is 12.9. The molecule has 0 unspecified atom stereocenters. The van der Waals surface area contributed by atoms with Crippen molar-refractivity contribution in [3.8, 4) is 0 Å². The van der Waals surface area contributed by atoms with E-state index in [-0.39, 0.29) is 11.3 Å². The van der Waals surface area contributed by atoms with Gasteiger partial charge >= 0.3 is 0 Å². The van der Waals surface area contributed by atoms with Gasteiger partial charge in [-0.15, -0.1) is 0 Å². The first-order valence-corrected chi connectivity index (χ1v) is 7.20. The second-order valence-corrected chi connectivity index (χ2v) is 5.38. The van der Waals surface area contributed by atoms with E-state index in [1.165, 1.54) is 11.6 Å². The van der Waals surface area contributed by atoms with Crippen LogP contribution in [0, 0.1) is 6.92 Å². The summed E-state index contributed by atoms with van der Waals surface area (Å²) in [5.74, 6) is 0.288. The lowest BCUT2D eigenvalue weighted by molar-refractivity contribution is -0.117. The molecule has 0 saturated heterocycles. The molecule has 2 heterocycles. The Morgan fingerprint density at radius 2 is 1.73 bits per heavy atom. The van der Waals surface area contributed by atoms with Gasteiger partial charge in [-0.25, -0.2) is 0 Å². The summed E-state index contributed by atoms with van der Waals surface area (Å²) in [6.07, 6.45) is 4.26. The SMILES string of the molecule is CC1=CN(c2ccc(C)cc2)CC(=O)C1.O=c1cccc[nH]1. The number of Topliss-reactive ketones (excluding diaryl/α,β-unsaturated/α-hetero) is 1. The molecule has 1 aliphatic heterocycles. The average molecular weight is 296 g/mol. The van der Waals surface area contributed by atoms with Gasteiger partial charge in [-0.1, -0.05) is 23.8 Å².